The van der Waals surface area contributed by atoms with Crippen LogP contribution in [0, 0.1) is 0 Å². The molecule has 1 aromatic rings. The molecule has 0 spiro atoms. The van der Waals surface area contributed by atoms with Crippen molar-refractivity contribution in [1.29, 1.82) is 0 Å². The van der Waals surface area contributed by atoms with Crippen molar-refractivity contribution in [2.45, 2.75) is 37.8 Å². The molecule has 23 heavy (non-hydrogen) atoms. The number of methoxy groups -OCH3 is 1. The van der Waals surface area contributed by atoms with Gasteiger partial charge in [0.25, 0.3) is 5.19 Å². The lowest BCUT2D eigenvalue weighted by atomic mass is 9.99. The predicted octanol–water partition coefficient (Wildman–Crippen LogP) is 1.62. The van der Waals surface area contributed by atoms with Crippen LogP contribution in [0.4, 0.5) is 0 Å². The molecule has 0 bridgehead atoms. The van der Waals surface area contributed by atoms with Crippen molar-refractivity contribution in [3.63, 3.8) is 0 Å². The van der Waals surface area contributed by atoms with E-state index in [2.05, 4.69) is 9.88 Å². The smallest absolute Gasteiger partial charge is 0.273 e. The normalized spacial score (nSPS) is 21.5. The second-order valence-electron chi connectivity index (χ2n) is 6.20. The summed E-state index contributed by atoms with van der Waals surface area (Å²) < 4.78 is 10.9. The number of piperidine rings is 2. The number of aromatic nitrogens is 1. The highest BCUT2D eigenvalue weighted by molar-refractivity contribution is 7.11. The maximum Gasteiger partial charge on any atom is 0.273 e. The fraction of sp³-hybridized carbons (Fsp3) is 0.750. The molecule has 3 heterocycles. The monoisotopic (exact) mass is 339 g/mol. The summed E-state index contributed by atoms with van der Waals surface area (Å²) in [4.78, 5) is 20.5. The van der Waals surface area contributed by atoms with Crippen molar-refractivity contribution in [2.75, 3.05) is 39.9 Å². The minimum absolute atomic E-state index is 0.113. The maximum absolute atomic E-state index is 11.8. The first kappa shape index (κ1) is 16.7. The van der Waals surface area contributed by atoms with E-state index in [-0.39, 0.29) is 12.5 Å². The van der Waals surface area contributed by atoms with Crippen molar-refractivity contribution < 1.29 is 14.3 Å². The van der Waals surface area contributed by atoms with Crippen LogP contribution in [-0.2, 0) is 9.53 Å². The summed E-state index contributed by atoms with van der Waals surface area (Å²) in [5.74, 6) is 0.113. The Morgan fingerprint density at radius 2 is 2.00 bits per heavy atom. The van der Waals surface area contributed by atoms with Gasteiger partial charge in [-0.25, -0.2) is 4.98 Å². The van der Waals surface area contributed by atoms with E-state index < -0.39 is 0 Å². The fourth-order valence-corrected chi connectivity index (χ4v) is 4.02. The summed E-state index contributed by atoms with van der Waals surface area (Å²) in [5, 5.41) is 2.73. The Morgan fingerprint density at radius 1 is 1.26 bits per heavy atom. The molecule has 1 aromatic heterocycles. The van der Waals surface area contributed by atoms with Gasteiger partial charge < -0.3 is 14.4 Å². The highest BCUT2D eigenvalue weighted by atomic mass is 32.1. The molecular formula is C16H25N3O3S. The number of carbonyl (C=O) groups excluding carboxylic acids is 1. The van der Waals surface area contributed by atoms with Gasteiger partial charge in [-0.1, -0.05) is 11.3 Å². The highest BCUT2D eigenvalue weighted by Gasteiger charge is 2.30. The van der Waals surface area contributed by atoms with E-state index in [0.29, 0.717) is 12.1 Å². The first-order valence-corrected chi connectivity index (χ1v) is 9.21. The number of hydrogen-bond acceptors (Lipinski definition) is 6. The van der Waals surface area contributed by atoms with E-state index in [4.69, 9.17) is 9.47 Å². The van der Waals surface area contributed by atoms with Crippen LogP contribution in [0.3, 0.4) is 0 Å². The van der Waals surface area contributed by atoms with Gasteiger partial charge >= 0.3 is 0 Å². The first-order valence-electron chi connectivity index (χ1n) is 8.33. The molecule has 0 unspecified atom stereocenters. The highest BCUT2D eigenvalue weighted by Crippen LogP contribution is 2.24. The fourth-order valence-electron chi connectivity index (χ4n) is 3.47. The first-order chi connectivity index (χ1) is 11.3. The van der Waals surface area contributed by atoms with Gasteiger partial charge in [-0.2, -0.15) is 0 Å². The topological polar surface area (TPSA) is 54.9 Å². The van der Waals surface area contributed by atoms with Crippen LogP contribution < -0.4 is 4.74 Å². The zero-order valence-corrected chi connectivity index (χ0v) is 14.5. The van der Waals surface area contributed by atoms with Gasteiger partial charge in [0.1, 0.15) is 12.7 Å². The largest absolute Gasteiger partial charge is 0.467 e. The van der Waals surface area contributed by atoms with Crippen LogP contribution in [-0.4, -0.2) is 72.7 Å². The lowest BCUT2D eigenvalue weighted by molar-refractivity contribution is -0.136. The summed E-state index contributed by atoms with van der Waals surface area (Å²) in [6.07, 6.45) is 6.32. The Morgan fingerprint density at radius 3 is 2.61 bits per heavy atom. The molecule has 1 amide bonds. The number of thiazole rings is 1. The van der Waals surface area contributed by atoms with Crippen LogP contribution in [0.25, 0.3) is 0 Å². The lowest BCUT2D eigenvalue weighted by Gasteiger charge is -2.41. The molecule has 0 aromatic carbocycles. The molecule has 2 fully saturated rings. The van der Waals surface area contributed by atoms with Gasteiger partial charge in [0, 0.05) is 50.9 Å². The molecule has 0 N–H and O–H groups in total. The maximum atomic E-state index is 11.8. The summed E-state index contributed by atoms with van der Waals surface area (Å²) in [7, 11) is 1.57. The zero-order chi connectivity index (χ0) is 16.1. The summed E-state index contributed by atoms with van der Waals surface area (Å²) >= 11 is 1.56. The molecule has 2 aliphatic rings. The second kappa shape index (κ2) is 8.08. The van der Waals surface area contributed by atoms with Crippen molar-refractivity contribution in [3.8, 4) is 5.19 Å². The minimum Gasteiger partial charge on any atom is -0.467 e. The Labute approximate surface area is 141 Å². The van der Waals surface area contributed by atoms with Crippen LogP contribution in [0.2, 0.25) is 0 Å². The van der Waals surface area contributed by atoms with E-state index in [1.54, 1.807) is 24.6 Å². The molecule has 0 atom stereocenters. The van der Waals surface area contributed by atoms with E-state index >= 15 is 0 Å². The van der Waals surface area contributed by atoms with Gasteiger partial charge in [-0.15, -0.1) is 0 Å². The Balaban J connectivity index is 1.40. The van der Waals surface area contributed by atoms with E-state index in [1.807, 2.05) is 10.3 Å². The third kappa shape index (κ3) is 4.43. The average Bonchev–Trinajstić information content (AvgIpc) is 3.09. The van der Waals surface area contributed by atoms with Crippen LogP contribution in [0.15, 0.2) is 11.6 Å². The second-order valence-corrected chi connectivity index (χ2v) is 7.05. The van der Waals surface area contributed by atoms with Crippen molar-refractivity contribution in [2.24, 2.45) is 0 Å². The molecule has 3 rings (SSSR count). The number of amides is 1. The SMILES string of the molecule is COCC(=O)N1CCC(N2CCC(Oc3nccs3)CC2)CC1. The Hall–Kier alpha value is -1.18. The van der Waals surface area contributed by atoms with E-state index in [0.717, 1.165) is 57.1 Å². The molecule has 2 aliphatic heterocycles. The molecule has 7 heteroatoms. The van der Waals surface area contributed by atoms with E-state index in [1.165, 1.54) is 0 Å². The van der Waals surface area contributed by atoms with E-state index in [9.17, 15) is 4.79 Å². The van der Waals surface area contributed by atoms with Crippen molar-refractivity contribution in [3.05, 3.63) is 11.6 Å². The number of carbonyl (C=O) groups is 1. The molecular weight excluding hydrogens is 314 g/mol. The number of ether oxygens (including phenoxy) is 2. The number of rotatable bonds is 5. The summed E-state index contributed by atoms with van der Waals surface area (Å²) in [5.41, 5.74) is 0. The van der Waals surface area contributed by atoms with Crippen LogP contribution in [0.1, 0.15) is 25.7 Å². The van der Waals surface area contributed by atoms with Crippen molar-refractivity contribution >= 4 is 17.2 Å². The molecule has 6 nitrogen and oxygen atoms in total. The van der Waals surface area contributed by atoms with Gasteiger partial charge in [-0.3, -0.25) is 9.69 Å². The Bertz CT molecular complexity index is 481. The van der Waals surface area contributed by atoms with Crippen molar-refractivity contribution in [1.82, 2.24) is 14.8 Å². The third-order valence-electron chi connectivity index (χ3n) is 4.76. The molecule has 128 valence electrons. The molecule has 2 saturated heterocycles. The minimum atomic E-state index is 0.113. The average molecular weight is 339 g/mol. The van der Waals surface area contributed by atoms with Gasteiger partial charge in [0.15, 0.2) is 0 Å². The van der Waals surface area contributed by atoms with Gasteiger partial charge in [0.05, 0.1) is 0 Å². The Kier molecular flexibility index (Phi) is 5.85. The quantitative estimate of drug-likeness (QED) is 0.816. The molecule has 0 radical (unpaired) electrons. The number of likely N-dealkylation sites (tertiary alicyclic amines) is 2. The van der Waals surface area contributed by atoms with Gasteiger partial charge in [0.2, 0.25) is 5.91 Å². The van der Waals surface area contributed by atoms with Crippen LogP contribution >= 0.6 is 11.3 Å². The predicted molar refractivity (Wildman–Crippen MR) is 88.8 cm³/mol. The van der Waals surface area contributed by atoms with Crippen LogP contribution in [0.5, 0.6) is 5.19 Å². The number of nitrogens with zero attached hydrogens (tertiary/aromatic N) is 3. The van der Waals surface area contributed by atoms with Gasteiger partial charge in [-0.05, 0) is 25.7 Å². The third-order valence-corrected chi connectivity index (χ3v) is 5.42. The zero-order valence-electron chi connectivity index (χ0n) is 13.6. The number of hydrogen-bond donors (Lipinski definition) is 0. The lowest BCUT2D eigenvalue weighted by Crippen LogP contribution is -2.50. The standard InChI is InChI=1S/C16H25N3O3S/c1-21-12-15(20)19-7-2-13(3-8-19)18-9-4-14(5-10-18)22-16-17-6-11-23-16/h6,11,13-14H,2-5,7-10,12H2,1H3. The molecule has 0 aliphatic carbocycles. The molecule has 0 saturated carbocycles. The summed E-state index contributed by atoms with van der Waals surface area (Å²) in [6, 6.07) is 0.599. The summed E-state index contributed by atoms with van der Waals surface area (Å²) in [6.45, 7) is 4.05.